The third kappa shape index (κ3) is 3.31. The summed E-state index contributed by atoms with van der Waals surface area (Å²) in [7, 11) is -1.66. The Morgan fingerprint density at radius 3 is 2.83 bits per heavy atom. The van der Waals surface area contributed by atoms with Crippen LogP contribution in [0.1, 0.15) is 35.2 Å². The SMILES string of the molecule is Cc1nn(C)c(C)c1[C@H]1OCC[C@@H]1NS(=O)(=O)Cc1ccon1. The number of sulfonamides is 1. The molecule has 1 saturated heterocycles. The van der Waals surface area contributed by atoms with Crippen molar-refractivity contribution in [1.82, 2.24) is 19.7 Å². The van der Waals surface area contributed by atoms with Crippen LogP contribution < -0.4 is 4.72 Å². The Balaban J connectivity index is 1.79. The van der Waals surface area contributed by atoms with Crippen LogP contribution in [-0.2, 0) is 27.6 Å². The van der Waals surface area contributed by atoms with Crippen molar-refractivity contribution in [2.45, 2.75) is 38.2 Å². The van der Waals surface area contributed by atoms with Gasteiger partial charge in [0, 0.05) is 31.0 Å². The number of rotatable bonds is 5. The monoisotopic (exact) mass is 340 g/mol. The molecule has 2 atom stereocenters. The maximum absolute atomic E-state index is 12.3. The molecule has 1 fully saturated rings. The van der Waals surface area contributed by atoms with Crippen molar-refractivity contribution >= 4 is 10.0 Å². The van der Waals surface area contributed by atoms with E-state index in [9.17, 15) is 8.42 Å². The molecule has 0 aromatic carbocycles. The molecular formula is C14H20N4O4S. The van der Waals surface area contributed by atoms with E-state index >= 15 is 0 Å². The van der Waals surface area contributed by atoms with Gasteiger partial charge in [0.25, 0.3) is 0 Å². The van der Waals surface area contributed by atoms with Crippen LogP contribution in [0.4, 0.5) is 0 Å². The Morgan fingerprint density at radius 1 is 1.43 bits per heavy atom. The first-order valence-electron chi connectivity index (χ1n) is 7.38. The molecule has 1 aliphatic rings. The molecule has 2 aromatic heterocycles. The highest BCUT2D eigenvalue weighted by molar-refractivity contribution is 7.88. The summed E-state index contributed by atoms with van der Waals surface area (Å²) in [6, 6.07) is 1.23. The molecule has 0 aliphatic carbocycles. The molecule has 0 radical (unpaired) electrons. The van der Waals surface area contributed by atoms with Crippen LogP contribution in [0.15, 0.2) is 16.9 Å². The van der Waals surface area contributed by atoms with Crippen LogP contribution in [0.5, 0.6) is 0 Å². The van der Waals surface area contributed by atoms with Crippen LogP contribution in [-0.4, -0.2) is 36.0 Å². The van der Waals surface area contributed by atoms with E-state index in [2.05, 4.69) is 19.5 Å². The molecule has 1 N–H and O–H groups in total. The van der Waals surface area contributed by atoms with Gasteiger partial charge in [0.2, 0.25) is 10.0 Å². The van der Waals surface area contributed by atoms with E-state index in [0.29, 0.717) is 18.7 Å². The first-order chi connectivity index (χ1) is 10.9. The zero-order valence-corrected chi connectivity index (χ0v) is 14.1. The number of aromatic nitrogens is 3. The first-order valence-corrected chi connectivity index (χ1v) is 9.03. The first kappa shape index (κ1) is 16.2. The van der Waals surface area contributed by atoms with E-state index in [0.717, 1.165) is 17.0 Å². The predicted molar refractivity (Wildman–Crippen MR) is 82.0 cm³/mol. The van der Waals surface area contributed by atoms with E-state index in [1.165, 1.54) is 12.3 Å². The largest absolute Gasteiger partial charge is 0.372 e. The van der Waals surface area contributed by atoms with Crippen LogP contribution >= 0.6 is 0 Å². The lowest BCUT2D eigenvalue weighted by atomic mass is 10.0. The van der Waals surface area contributed by atoms with E-state index in [1.54, 1.807) is 4.68 Å². The number of hydrogen-bond donors (Lipinski definition) is 1. The lowest BCUT2D eigenvalue weighted by molar-refractivity contribution is 0.101. The Morgan fingerprint density at radius 2 is 2.22 bits per heavy atom. The smallest absolute Gasteiger partial charge is 0.217 e. The molecule has 0 spiro atoms. The van der Waals surface area contributed by atoms with Crippen molar-refractivity contribution in [1.29, 1.82) is 0 Å². The molecule has 0 bridgehead atoms. The standard InChI is InChI=1S/C14H20N4O4S/c1-9-13(10(2)18(3)15-9)14-12(5-6-21-14)17-23(19,20)8-11-4-7-22-16-11/h4,7,12,14,17H,5-6,8H2,1-3H3/t12-,14-/m0/s1. The summed E-state index contributed by atoms with van der Waals surface area (Å²) in [5, 5.41) is 8.03. The van der Waals surface area contributed by atoms with Crippen molar-refractivity contribution in [3.63, 3.8) is 0 Å². The summed E-state index contributed by atoms with van der Waals surface area (Å²) in [5.74, 6) is -0.211. The van der Waals surface area contributed by atoms with E-state index in [1.807, 2.05) is 20.9 Å². The lowest BCUT2D eigenvalue weighted by Gasteiger charge is -2.20. The number of hydrogen-bond acceptors (Lipinski definition) is 6. The van der Waals surface area contributed by atoms with Crippen molar-refractivity contribution < 1.29 is 17.7 Å². The second-order valence-electron chi connectivity index (χ2n) is 5.76. The molecule has 8 nitrogen and oxygen atoms in total. The highest BCUT2D eigenvalue weighted by Gasteiger charge is 2.36. The van der Waals surface area contributed by atoms with Gasteiger partial charge in [0.05, 0.1) is 17.4 Å². The normalized spacial score (nSPS) is 21.9. The molecule has 0 amide bonds. The van der Waals surface area contributed by atoms with E-state index < -0.39 is 10.0 Å². The van der Waals surface area contributed by atoms with Crippen LogP contribution in [0.3, 0.4) is 0 Å². The Hall–Kier alpha value is -1.71. The van der Waals surface area contributed by atoms with Crippen molar-refractivity contribution in [2.75, 3.05) is 6.61 Å². The molecule has 1 aliphatic heterocycles. The number of ether oxygens (including phenoxy) is 1. The van der Waals surface area contributed by atoms with Gasteiger partial charge in [0.1, 0.15) is 18.1 Å². The van der Waals surface area contributed by atoms with Gasteiger partial charge in [-0.1, -0.05) is 5.16 Å². The van der Waals surface area contributed by atoms with Gasteiger partial charge in [-0.25, -0.2) is 13.1 Å². The van der Waals surface area contributed by atoms with Crippen LogP contribution in [0.25, 0.3) is 0 Å². The Labute approximate surface area is 134 Å². The molecule has 126 valence electrons. The maximum atomic E-state index is 12.3. The fraction of sp³-hybridized carbons (Fsp3) is 0.571. The predicted octanol–water partition coefficient (Wildman–Crippen LogP) is 0.975. The number of aryl methyl sites for hydroxylation is 2. The molecule has 2 aromatic rings. The molecule has 3 rings (SSSR count). The third-order valence-electron chi connectivity index (χ3n) is 4.10. The van der Waals surface area contributed by atoms with Crippen molar-refractivity contribution in [3.8, 4) is 0 Å². The minimum Gasteiger partial charge on any atom is -0.372 e. The number of nitrogens with zero attached hydrogens (tertiary/aromatic N) is 3. The van der Waals surface area contributed by atoms with Gasteiger partial charge in [-0.05, 0) is 20.3 Å². The fourth-order valence-corrected chi connectivity index (χ4v) is 4.30. The highest BCUT2D eigenvalue weighted by atomic mass is 32.2. The van der Waals surface area contributed by atoms with Gasteiger partial charge >= 0.3 is 0 Å². The summed E-state index contributed by atoms with van der Waals surface area (Å²) in [4.78, 5) is 0. The van der Waals surface area contributed by atoms with Gasteiger partial charge in [-0.3, -0.25) is 4.68 Å². The molecule has 0 saturated carbocycles. The molecular weight excluding hydrogens is 320 g/mol. The fourth-order valence-electron chi connectivity index (χ4n) is 2.98. The lowest BCUT2D eigenvalue weighted by Crippen LogP contribution is -2.37. The molecule has 23 heavy (non-hydrogen) atoms. The quantitative estimate of drug-likeness (QED) is 0.871. The Kier molecular flexibility index (Phi) is 4.26. The van der Waals surface area contributed by atoms with Crippen molar-refractivity contribution in [2.24, 2.45) is 7.05 Å². The van der Waals surface area contributed by atoms with E-state index in [-0.39, 0.29) is 17.9 Å². The summed E-state index contributed by atoms with van der Waals surface area (Å²) < 4.78 is 39.7. The summed E-state index contributed by atoms with van der Waals surface area (Å²) in [5.41, 5.74) is 3.17. The van der Waals surface area contributed by atoms with Gasteiger partial charge in [-0.2, -0.15) is 5.10 Å². The van der Waals surface area contributed by atoms with Crippen LogP contribution in [0, 0.1) is 13.8 Å². The average Bonchev–Trinajstić information content (AvgIpc) is 3.14. The average molecular weight is 340 g/mol. The van der Waals surface area contributed by atoms with Crippen molar-refractivity contribution in [3.05, 3.63) is 35.0 Å². The zero-order valence-electron chi connectivity index (χ0n) is 13.3. The number of nitrogens with one attached hydrogen (secondary N) is 1. The zero-order chi connectivity index (χ0) is 16.6. The maximum Gasteiger partial charge on any atom is 0.217 e. The van der Waals surface area contributed by atoms with Gasteiger partial charge in [-0.15, -0.1) is 0 Å². The van der Waals surface area contributed by atoms with Gasteiger partial charge in [0.15, 0.2) is 0 Å². The summed E-state index contributed by atoms with van der Waals surface area (Å²) >= 11 is 0. The minimum atomic E-state index is -3.53. The molecule has 9 heteroatoms. The summed E-state index contributed by atoms with van der Waals surface area (Å²) in [6.07, 6.45) is 1.65. The van der Waals surface area contributed by atoms with Crippen LogP contribution in [0.2, 0.25) is 0 Å². The minimum absolute atomic E-state index is 0.211. The highest BCUT2D eigenvalue weighted by Crippen LogP contribution is 2.33. The van der Waals surface area contributed by atoms with Gasteiger partial charge < -0.3 is 9.26 Å². The molecule has 0 unspecified atom stereocenters. The van der Waals surface area contributed by atoms with E-state index in [4.69, 9.17) is 4.74 Å². The second kappa shape index (κ2) is 6.06. The summed E-state index contributed by atoms with van der Waals surface area (Å²) in [6.45, 7) is 4.37. The third-order valence-corrected chi connectivity index (χ3v) is 5.44. The second-order valence-corrected chi connectivity index (χ2v) is 7.52. The Bertz CT molecular complexity index is 782. The topological polar surface area (TPSA) is 99.2 Å². The molecule has 3 heterocycles.